The van der Waals surface area contributed by atoms with E-state index in [0.717, 1.165) is 0 Å². The summed E-state index contributed by atoms with van der Waals surface area (Å²) in [6.07, 6.45) is 0. The first kappa shape index (κ1) is 3.77. The standard InChI is InChI=1S/CBNSi/c3-1-2-4. The van der Waals surface area contributed by atoms with E-state index in [-0.39, 0.29) is 0 Å². The molecular weight excluding hydrogens is 64.9 g/mol. The summed E-state index contributed by atoms with van der Waals surface area (Å²) in [7, 11) is 2.80. The average Bonchev–Trinajstić information content (AvgIpc) is 1.37. The predicted molar refractivity (Wildman–Crippen MR) is 17.1 cm³/mol. The quantitative estimate of drug-likeness (QED) is 0.341. The maximum Gasteiger partial charge on any atom is 0.233 e. The first-order valence-corrected chi connectivity index (χ1v) is 1.38. The van der Waals surface area contributed by atoms with Gasteiger partial charge in [-0.2, -0.15) is 0 Å². The molecule has 0 aromatic heterocycles. The van der Waals surface area contributed by atoms with Gasteiger partial charge in [0.1, 0.15) is 0 Å². The Bertz CT molecular complexity index is 37.8. The summed E-state index contributed by atoms with van der Waals surface area (Å²) in [4.78, 5) is 0. The molecule has 4 heavy (non-hydrogen) atoms. The molecule has 0 fully saturated rings. The second-order valence-corrected chi connectivity index (χ2v) is 0.562. The molecule has 0 aromatic carbocycles. The van der Waals surface area contributed by atoms with Crippen LogP contribution in [0.25, 0.3) is 0 Å². The Morgan fingerprint density at radius 3 is 2.25 bits per heavy atom. The summed E-state index contributed by atoms with van der Waals surface area (Å²) in [5.74, 6) is 1.72. The van der Waals surface area contributed by atoms with Gasteiger partial charge in [-0.3, -0.25) is 0 Å². The molecule has 3 heteroatoms. The number of nitrogens with zero attached hydrogens (tertiary/aromatic N) is 1. The molecule has 0 unspecified atom stereocenters. The van der Waals surface area contributed by atoms with Crippen molar-refractivity contribution < 1.29 is 0 Å². The van der Waals surface area contributed by atoms with Gasteiger partial charge in [0.05, 0.1) is 0 Å². The summed E-state index contributed by atoms with van der Waals surface area (Å²) in [6, 6.07) is 0. The third-order valence-corrected chi connectivity index (χ3v) is 0.194. The molecule has 16 valence electrons. The summed E-state index contributed by atoms with van der Waals surface area (Å²) < 4.78 is 0. The van der Waals surface area contributed by atoms with E-state index in [1.165, 1.54) is 6.87 Å². The summed E-state index contributed by atoms with van der Waals surface area (Å²) in [6.45, 7) is 1.24. The van der Waals surface area contributed by atoms with Crippen molar-refractivity contribution in [2.45, 2.75) is 0 Å². The molecule has 0 rings (SSSR count). The van der Waals surface area contributed by atoms with Crippen LogP contribution in [0.4, 0.5) is 0 Å². The van der Waals surface area contributed by atoms with Gasteiger partial charge in [-0.15, -0.1) is 0 Å². The largest absolute Gasteiger partial charge is 0.233 e. The molecule has 1 nitrogen and oxygen atoms in total. The molecule has 0 spiro atoms. The van der Waals surface area contributed by atoms with Gasteiger partial charge < -0.3 is 0 Å². The Morgan fingerprint density at radius 1 is 2.00 bits per heavy atom. The van der Waals surface area contributed by atoms with E-state index >= 15 is 0 Å². The minimum atomic E-state index is 1.24. The van der Waals surface area contributed by atoms with Crippen LogP contribution in [-0.4, -0.2) is 17.0 Å². The third kappa shape index (κ3) is 1.77. The van der Waals surface area contributed by atoms with E-state index in [1.807, 2.05) is 0 Å². The maximum atomic E-state index is 7.52. The van der Waals surface area contributed by atoms with Crippen molar-refractivity contribution in [1.29, 1.82) is 5.26 Å². The van der Waals surface area contributed by atoms with Crippen molar-refractivity contribution in [2.75, 3.05) is 0 Å². The van der Waals surface area contributed by atoms with E-state index in [1.54, 1.807) is 5.97 Å². The van der Waals surface area contributed by atoms with E-state index in [4.69, 9.17) is 5.26 Å². The fourth-order valence-electron chi connectivity index (χ4n) is 0. The van der Waals surface area contributed by atoms with Crippen molar-refractivity contribution in [1.82, 2.24) is 0 Å². The van der Waals surface area contributed by atoms with Crippen LogP contribution in [-0.2, 0) is 0 Å². The van der Waals surface area contributed by atoms with Gasteiger partial charge in [0, 0.05) is 0 Å². The van der Waals surface area contributed by atoms with Gasteiger partial charge in [0.15, 0.2) is 0 Å². The molecule has 0 aliphatic heterocycles. The van der Waals surface area contributed by atoms with Crippen molar-refractivity contribution in [3.8, 4) is 5.97 Å². The van der Waals surface area contributed by atoms with Crippen LogP contribution < -0.4 is 0 Å². The van der Waals surface area contributed by atoms with Gasteiger partial charge in [0.2, 0.25) is 6.87 Å². The summed E-state index contributed by atoms with van der Waals surface area (Å²) in [5.41, 5.74) is 0. The highest BCUT2D eigenvalue weighted by Gasteiger charge is 1.58. The Balaban J connectivity index is 2.43. The van der Waals surface area contributed by atoms with Crippen molar-refractivity contribution >= 4 is 17.0 Å². The molecule has 0 saturated heterocycles. The first-order chi connectivity index (χ1) is 1.91. The molecule has 0 aliphatic rings. The Kier molecular flexibility index (Phi) is 2.61. The highest BCUT2D eigenvalue weighted by molar-refractivity contribution is 6.94. The second-order valence-electron chi connectivity index (χ2n) is 0.273. The number of hydrogen-bond acceptors (Lipinski definition) is 1. The van der Waals surface area contributed by atoms with Gasteiger partial charge in [-0.05, 0) is 16.1 Å². The smallest absolute Gasteiger partial charge is 0.214 e. The van der Waals surface area contributed by atoms with E-state index in [9.17, 15) is 0 Å². The molecule has 0 aromatic rings. The second kappa shape index (κ2) is 2.77. The molecule has 0 saturated carbocycles. The van der Waals surface area contributed by atoms with Crippen molar-refractivity contribution in [3.63, 3.8) is 0 Å². The van der Waals surface area contributed by atoms with E-state index in [2.05, 4.69) is 10.1 Å². The number of nitriles is 1. The molecular formula is CBNSi. The first-order valence-electron chi connectivity index (χ1n) is 0.801. The predicted octanol–water partition coefficient (Wildman–Crippen LogP) is -0.745. The van der Waals surface area contributed by atoms with E-state index in [0.29, 0.717) is 0 Å². The van der Waals surface area contributed by atoms with E-state index < -0.39 is 0 Å². The molecule has 0 atom stereocenters. The lowest BCUT2D eigenvalue weighted by atomic mass is 10.2. The highest BCUT2D eigenvalue weighted by Crippen LogP contribution is 1.25. The zero-order valence-corrected chi connectivity index (χ0v) is 3.02. The molecule has 4 radical (unpaired) electrons. The lowest BCUT2D eigenvalue weighted by Gasteiger charge is -1.39. The maximum absolute atomic E-state index is 7.52. The minimum Gasteiger partial charge on any atom is -0.214 e. The van der Waals surface area contributed by atoms with Crippen LogP contribution >= 0.6 is 0 Å². The van der Waals surface area contributed by atoms with Gasteiger partial charge in [-0.1, -0.05) is 0 Å². The van der Waals surface area contributed by atoms with Crippen LogP contribution in [0.1, 0.15) is 0 Å². The fraction of sp³-hybridized carbons (Fsp3) is 0. The fourth-order valence-corrected chi connectivity index (χ4v) is 0. The van der Waals surface area contributed by atoms with Crippen molar-refractivity contribution in [3.05, 3.63) is 0 Å². The Labute approximate surface area is 29.2 Å². The zero-order valence-electron chi connectivity index (χ0n) is 2.02. The molecule has 0 bridgehead atoms. The van der Waals surface area contributed by atoms with Gasteiger partial charge in [-0.25, -0.2) is 5.26 Å². The summed E-state index contributed by atoms with van der Waals surface area (Å²) >= 11 is 0. The van der Waals surface area contributed by atoms with Crippen LogP contribution in [0.5, 0.6) is 0 Å². The molecule has 0 N–H and O–H groups in total. The lowest BCUT2D eigenvalue weighted by molar-refractivity contribution is 1.56. The Morgan fingerprint density at radius 2 is 2.25 bits per heavy atom. The third-order valence-electron chi connectivity index (χ3n) is 0.0645. The molecule has 0 heterocycles. The lowest BCUT2D eigenvalue weighted by Crippen LogP contribution is -1.75. The Hall–Kier alpha value is -0.228. The van der Waals surface area contributed by atoms with Crippen LogP contribution in [0.15, 0.2) is 0 Å². The normalized spacial score (nSPS) is 4.00. The average molecular weight is 64.9 g/mol. The van der Waals surface area contributed by atoms with Crippen LogP contribution in [0, 0.1) is 11.2 Å². The minimum absolute atomic E-state index is 1.24. The molecule has 0 aliphatic carbocycles. The van der Waals surface area contributed by atoms with Crippen molar-refractivity contribution in [2.24, 2.45) is 0 Å². The summed E-state index contributed by atoms with van der Waals surface area (Å²) in [5, 5.41) is 7.52. The SMILES string of the molecule is N#C[B][Si]. The van der Waals surface area contributed by atoms with Gasteiger partial charge in [0.25, 0.3) is 0 Å². The van der Waals surface area contributed by atoms with Crippen LogP contribution in [0.2, 0.25) is 0 Å². The number of rotatable bonds is 0. The monoisotopic (exact) mass is 65.0 g/mol. The molecule has 0 amide bonds. The topological polar surface area (TPSA) is 23.8 Å². The zero-order chi connectivity index (χ0) is 3.41. The van der Waals surface area contributed by atoms with Gasteiger partial charge >= 0.3 is 0 Å². The van der Waals surface area contributed by atoms with Crippen LogP contribution in [0.3, 0.4) is 0 Å². The number of hydrogen-bond donors (Lipinski definition) is 0. The highest BCUT2D eigenvalue weighted by atomic mass is 28.1.